The molecule has 0 atom stereocenters. The molecule has 0 aliphatic carbocycles. The molecule has 1 N–H and O–H groups in total. The zero-order chi connectivity index (χ0) is 23.6. The number of benzene rings is 1. The van der Waals surface area contributed by atoms with Crippen molar-refractivity contribution in [3.63, 3.8) is 0 Å². The first-order valence-corrected chi connectivity index (χ1v) is 14.0. The van der Waals surface area contributed by atoms with Gasteiger partial charge in [0.05, 0.1) is 33.8 Å². The molecule has 4 nitrogen and oxygen atoms in total. The fourth-order valence-corrected chi connectivity index (χ4v) is 4.63. The summed E-state index contributed by atoms with van der Waals surface area (Å²) in [6, 6.07) is 8.35. The van der Waals surface area contributed by atoms with Crippen LogP contribution in [-0.2, 0) is 0 Å². The molecule has 1 aliphatic rings. The molecule has 1 heterocycles. The largest absolute Gasteiger partial charge is 0.493 e. The quantitative estimate of drug-likeness (QED) is 0.170. The second kappa shape index (κ2) is 17.7. The summed E-state index contributed by atoms with van der Waals surface area (Å²) in [4.78, 5) is 2.25. The summed E-state index contributed by atoms with van der Waals surface area (Å²) in [5.41, 5.74) is 1.09. The molecule has 0 radical (unpaired) electrons. The fourth-order valence-electron chi connectivity index (χ4n) is 4.63. The van der Waals surface area contributed by atoms with E-state index in [4.69, 9.17) is 4.74 Å². The highest BCUT2D eigenvalue weighted by atomic mass is 16.5. The van der Waals surface area contributed by atoms with Crippen LogP contribution in [-0.4, -0.2) is 49.2 Å². The molecule has 33 heavy (non-hydrogen) atoms. The van der Waals surface area contributed by atoms with Gasteiger partial charge in [0.15, 0.2) is 0 Å². The van der Waals surface area contributed by atoms with E-state index in [-0.39, 0.29) is 0 Å². The van der Waals surface area contributed by atoms with E-state index in [1.165, 1.54) is 96.3 Å². The van der Waals surface area contributed by atoms with Crippen molar-refractivity contribution in [2.24, 2.45) is 0 Å². The Labute approximate surface area is 204 Å². The zero-order valence-corrected chi connectivity index (χ0v) is 22.0. The average Bonchev–Trinajstić information content (AvgIpc) is 3.13. The minimum absolute atomic E-state index is 0.818. The SMILES string of the molecule is CCCCCCCCCCCCCCCCCCOc1cccc(NC2=[N+](C)CCN2C)c1. The fraction of sp³-hybridized carbons (Fsp3) is 0.759. The standard InChI is InChI=1S/C29H51N3O/c1-4-5-6-7-8-9-10-11-12-13-14-15-16-17-18-19-25-33-28-22-20-21-27(26-28)30-29-31(2)23-24-32(29)3/h20-22,26H,4-19,23-25H2,1-3H3/p+1. The van der Waals surface area contributed by atoms with Crippen LogP contribution >= 0.6 is 0 Å². The number of rotatable bonds is 19. The van der Waals surface area contributed by atoms with E-state index in [0.717, 1.165) is 43.5 Å². The monoisotopic (exact) mass is 458 g/mol. The molecule has 0 spiro atoms. The maximum atomic E-state index is 6.01. The minimum atomic E-state index is 0.818. The van der Waals surface area contributed by atoms with Crippen LogP contribution in [0.1, 0.15) is 110 Å². The molecule has 0 unspecified atom stereocenters. The summed E-state index contributed by atoms with van der Waals surface area (Å²) in [6.45, 7) is 5.24. The van der Waals surface area contributed by atoms with Crippen molar-refractivity contribution < 1.29 is 9.31 Å². The number of guanidine groups is 1. The lowest BCUT2D eigenvalue weighted by Gasteiger charge is -2.10. The maximum Gasteiger partial charge on any atom is 0.352 e. The molecule has 0 bridgehead atoms. The van der Waals surface area contributed by atoms with E-state index in [0.29, 0.717) is 0 Å². The van der Waals surface area contributed by atoms with Crippen LogP contribution in [0.2, 0.25) is 0 Å². The molecular formula is C29H52N3O+. The van der Waals surface area contributed by atoms with Gasteiger partial charge in [-0.25, -0.2) is 5.32 Å². The minimum Gasteiger partial charge on any atom is -0.493 e. The number of nitrogens with zero attached hydrogens (tertiary/aromatic N) is 2. The van der Waals surface area contributed by atoms with Crippen molar-refractivity contribution in [1.82, 2.24) is 4.90 Å². The van der Waals surface area contributed by atoms with E-state index in [2.05, 4.69) is 60.1 Å². The number of ether oxygens (including phenoxy) is 1. The van der Waals surface area contributed by atoms with Crippen LogP contribution in [0.3, 0.4) is 0 Å². The Bertz CT molecular complexity index is 658. The third-order valence-electron chi connectivity index (χ3n) is 6.85. The molecular weight excluding hydrogens is 406 g/mol. The molecule has 0 saturated carbocycles. The lowest BCUT2D eigenvalue weighted by atomic mass is 10.0. The maximum absolute atomic E-state index is 6.01. The number of nitrogens with one attached hydrogen (secondary N) is 1. The predicted molar refractivity (Wildman–Crippen MR) is 144 cm³/mol. The normalized spacial score (nSPS) is 13.7. The summed E-state index contributed by atoms with van der Waals surface area (Å²) >= 11 is 0. The Hall–Kier alpha value is -1.71. The second-order valence-electron chi connectivity index (χ2n) is 9.97. The van der Waals surface area contributed by atoms with Gasteiger partial charge in [-0.05, 0) is 18.6 Å². The highest BCUT2D eigenvalue weighted by molar-refractivity contribution is 5.90. The van der Waals surface area contributed by atoms with Gasteiger partial charge in [-0.15, -0.1) is 0 Å². The number of likely N-dealkylation sites (N-methyl/N-ethyl adjacent to an activating group) is 2. The molecule has 0 saturated heterocycles. The van der Waals surface area contributed by atoms with Gasteiger partial charge in [-0.3, -0.25) is 9.48 Å². The summed E-state index contributed by atoms with van der Waals surface area (Å²) in [6.07, 6.45) is 22.4. The zero-order valence-electron chi connectivity index (χ0n) is 22.0. The van der Waals surface area contributed by atoms with Gasteiger partial charge in [0.2, 0.25) is 0 Å². The third kappa shape index (κ3) is 12.4. The highest BCUT2D eigenvalue weighted by Gasteiger charge is 2.24. The Morgan fingerprint density at radius 2 is 1.36 bits per heavy atom. The van der Waals surface area contributed by atoms with Crippen molar-refractivity contribution in [3.05, 3.63) is 24.3 Å². The van der Waals surface area contributed by atoms with Crippen molar-refractivity contribution in [2.45, 2.75) is 110 Å². The molecule has 1 aromatic carbocycles. The lowest BCUT2D eigenvalue weighted by molar-refractivity contribution is -0.486. The van der Waals surface area contributed by atoms with Gasteiger partial charge < -0.3 is 4.74 Å². The lowest BCUT2D eigenvalue weighted by Crippen LogP contribution is -2.31. The molecule has 2 rings (SSSR count). The molecule has 188 valence electrons. The van der Waals surface area contributed by atoms with Crippen LogP contribution in [0.15, 0.2) is 24.3 Å². The van der Waals surface area contributed by atoms with Crippen LogP contribution in [0.4, 0.5) is 5.69 Å². The smallest absolute Gasteiger partial charge is 0.352 e. The molecule has 0 aromatic heterocycles. The molecule has 1 aromatic rings. The summed E-state index contributed by atoms with van der Waals surface area (Å²) < 4.78 is 8.26. The second-order valence-corrected chi connectivity index (χ2v) is 9.97. The number of hydrogen-bond donors (Lipinski definition) is 1. The number of hydrogen-bond acceptors (Lipinski definition) is 3. The van der Waals surface area contributed by atoms with E-state index < -0.39 is 0 Å². The molecule has 1 aliphatic heterocycles. The van der Waals surface area contributed by atoms with Gasteiger partial charge >= 0.3 is 5.96 Å². The number of unbranched alkanes of at least 4 members (excludes halogenated alkanes) is 15. The van der Waals surface area contributed by atoms with Crippen molar-refractivity contribution in [3.8, 4) is 5.75 Å². The Morgan fingerprint density at radius 3 is 1.88 bits per heavy atom. The Balaban J connectivity index is 1.40. The highest BCUT2D eigenvalue weighted by Crippen LogP contribution is 2.19. The topological polar surface area (TPSA) is 27.5 Å². The Morgan fingerprint density at radius 1 is 0.818 bits per heavy atom. The first-order valence-electron chi connectivity index (χ1n) is 14.0. The van der Waals surface area contributed by atoms with Gasteiger partial charge in [0.25, 0.3) is 0 Å². The van der Waals surface area contributed by atoms with Crippen LogP contribution in [0.25, 0.3) is 0 Å². The van der Waals surface area contributed by atoms with Gasteiger partial charge in [0.1, 0.15) is 11.4 Å². The van der Waals surface area contributed by atoms with Crippen LogP contribution < -0.4 is 10.1 Å². The van der Waals surface area contributed by atoms with Crippen LogP contribution in [0.5, 0.6) is 5.75 Å². The Kier molecular flexibility index (Phi) is 14.8. The van der Waals surface area contributed by atoms with Gasteiger partial charge in [-0.2, -0.15) is 0 Å². The average molecular weight is 459 g/mol. The predicted octanol–water partition coefficient (Wildman–Crippen LogP) is 7.68. The van der Waals surface area contributed by atoms with Crippen molar-refractivity contribution in [1.29, 1.82) is 0 Å². The number of anilines is 1. The van der Waals surface area contributed by atoms with Crippen molar-refractivity contribution >= 4 is 11.6 Å². The first-order chi connectivity index (χ1) is 16.2. The molecule has 0 fully saturated rings. The van der Waals surface area contributed by atoms with Crippen molar-refractivity contribution in [2.75, 3.05) is 39.1 Å². The van der Waals surface area contributed by atoms with E-state index in [9.17, 15) is 0 Å². The van der Waals surface area contributed by atoms with Gasteiger partial charge in [0, 0.05) is 6.07 Å². The van der Waals surface area contributed by atoms with E-state index in [1.54, 1.807) is 0 Å². The molecule has 4 heteroatoms. The van der Waals surface area contributed by atoms with Gasteiger partial charge in [-0.1, -0.05) is 109 Å². The summed E-state index contributed by atoms with van der Waals surface area (Å²) in [5.74, 6) is 2.12. The molecule has 0 amide bonds. The third-order valence-corrected chi connectivity index (χ3v) is 6.85. The summed E-state index contributed by atoms with van der Waals surface area (Å²) in [7, 11) is 4.26. The van der Waals surface area contributed by atoms with E-state index >= 15 is 0 Å². The van der Waals surface area contributed by atoms with Crippen LogP contribution in [0, 0.1) is 0 Å². The van der Waals surface area contributed by atoms with E-state index in [1.807, 2.05) is 0 Å². The first kappa shape index (κ1) is 27.5. The summed E-state index contributed by atoms with van der Waals surface area (Å²) in [5, 5.41) is 3.53.